The van der Waals surface area contributed by atoms with Crippen molar-refractivity contribution in [2.24, 2.45) is 7.05 Å². The first-order valence-corrected chi connectivity index (χ1v) is 7.10. The summed E-state index contributed by atoms with van der Waals surface area (Å²) < 4.78 is 1.93. The van der Waals surface area contributed by atoms with Crippen molar-refractivity contribution in [2.45, 2.75) is 70.9 Å². The maximum absolute atomic E-state index is 4.73. The van der Waals surface area contributed by atoms with Crippen LogP contribution >= 0.6 is 0 Å². The van der Waals surface area contributed by atoms with Gasteiger partial charge in [0, 0.05) is 18.5 Å². The number of hydrogen-bond donors (Lipinski definition) is 1. The minimum atomic E-state index is 0.122. The van der Waals surface area contributed by atoms with Crippen LogP contribution in [0.25, 0.3) is 0 Å². The summed E-state index contributed by atoms with van der Waals surface area (Å²) in [6.07, 6.45) is 6.56. The van der Waals surface area contributed by atoms with Gasteiger partial charge in [-0.15, -0.1) is 0 Å². The molecule has 2 rings (SSSR count). The maximum atomic E-state index is 4.73. The topological polar surface area (TPSA) is 42.7 Å². The SMILES string of the molecule is Cn1nc(C2CCCCC2)nc1CNC(C)(C)C. The summed E-state index contributed by atoms with van der Waals surface area (Å²) in [4.78, 5) is 4.73. The standard InChI is InChI=1S/C14H26N4/c1-14(2,3)15-10-12-16-13(17-18(12)4)11-8-6-5-7-9-11/h11,15H,5-10H2,1-4H3. The Morgan fingerprint density at radius 3 is 2.50 bits per heavy atom. The van der Waals surface area contributed by atoms with Crippen LogP contribution in [-0.4, -0.2) is 20.3 Å². The molecule has 102 valence electrons. The lowest BCUT2D eigenvalue weighted by molar-refractivity contribution is 0.412. The van der Waals surface area contributed by atoms with E-state index in [-0.39, 0.29) is 5.54 Å². The molecule has 0 radical (unpaired) electrons. The molecule has 1 heterocycles. The van der Waals surface area contributed by atoms with E-state index in [1.165, 1.54) is 32.1 Å². The van der Waals surface area contributed by atoms with Gasteiger partial charge in [-0.25, -0.2) is 4.98 Å². The van der Waals surface area contributed by atoms with Crippen LogP contribution in [0.5, 0.6) is 0 Å². The minimum Gasteiger partial charge on any atom is -0.305 e. The Kier molecular flexibility index (Phi) is 4.05. The van der Waals surface area contributed by atoms with Crippen molar-refractivity contribution in [2.75, 3.05) is 0 Å². The maximum Gasteiger partial charge on any atom is 0.154 e. The molecule has 4 heteroatoms. The van der Waals surface area contributed by atoms with Gasteiger partial charge in [-0.3, -0.25) is 4.68 Å². The molecule has 0 spiro atoms. The lowest BCUT2D eigenvalue weighted by Gasteiger charge is -2.19. The third kappa shape index (κ3) is 3.55. The van der Waals surface area contributed by atoms with Gasteiger partial charge in [0.25, 0.3) is 0 Å². The second kappa shape index (κ2) is 5.39. The lowest BCUT2D eigenvalue weighted by atomic mass is 9.89. The molecule has 1 aromatic heterocycles. The Labute approximate surface area is 110 Å². The van der Waals surface area contributed by atoms with Crippen LogP contribution < -0.4 is 5.32 Å². The van der Waals surface area contributed by atoms with Gasteiger partial charge in [0.2, 0.25) is 0 Å². The predicted octanol–water partition coefficient (Wildman–Crippen LogP) is 2.75. The van der Waals surface area contributed by atoms with E-state index in [9.17, 15) is 0 Å². The van der Waals surface area contributed by atoms with E-state index in [1.807, 2.05) is 11.7 Å². The Morgan fingerprint density at radius 1 is 1.22 bits per heavy atom. The molecule has 4 nitrogen and oxygen atoms in total. The summed E-state index contributed by atoms with van der Waals surface area (Å²) in [7, 11) is 2.00. The van der Waals surface area contributed by atoms with Crippen molar-refractivity contribution < 1.29 is 0 Å². The Morgan fingerprint density at radius 2 is 1.89 bits per heavy atom. The number of aromatic nitrogens is 3. The van der Waals surface area contributed by atoms with E-state index in [4.69, 9.17) is 4.98 Å². The molecule has 0 saturated heterocycles. The van der Waals surface area contributed by atoms with Gasteiger partial charge < -0.3 is 5.32 Å². The lowest BCUT2D eigenvalue weighted by Crippen LogP contribution is -2.35. The second-order valence-corrected chi connectivity index (χ2v) is 6.45. The monoisotopic (exact) mass is 250 g/mol. The van der Waals surface area contributed by atoms with Crippen LogP contribution in [0, 0.1) is 0 Å². The fourth-order valence-electron chi connectivity index (χ4n) is 2.47. The molecule has 0 aromatic carbocycles. The number of nitrogens with one attached hydrogen (secondary N) is 1. The van der Waals surface area contributed by atoms with Crippen LogP contribution in [-0.2, 0) is 13.6 Å². The summed E-state index contributed by atoms with van der Waals surface area (Å²) in [5.41, 5.74) is 0.122. The van der Waals surface area contributed by atoms with E-state index < -0.39 is 0 Å². The fraction of sp³-hybridized carbons (Fsp3) is 0.857. The molecule has 0 unspecified atom stereocenters. The Bertz CT molecular complexity index is 383. The molecule has 0 atom stereocenters. The highest BCUT2D eigenvalue weighted by Crippen LogP contribution is 2.30. The summed E-state index contributed by atoms with van der Waals surface area (Å²) in [6.45, 7) is 7.31. The van der Waals surface area contributed by atoms with Crippen molar-refractivity contribution in [3.8, 4) is 0 Å². The summed E-state index contributed by atoms with van der Waals surface area (Å²) in [5, 5.41) is 8.07. The van der Waals surface area contributed by atoms with Crippen molar-refractivity contribution in [1.29, 1.82) is 0 Å². The van der Waals surface area contributed by atoms with Crippen molar-refractivity contribution in [3.63, 3.8) is 0 Å². The number of rotatable bonds is 3. The van der Waals surface area contributed by atoms with Gasteiger partial charge in [0.15, 0.2) is 5.82 Å². The molecule has 1 aromatic rings. The average molecular weight is 250 g/mol. The van der Waals surface area contributed by atoms with Crippen LogP contribution in [0.2, 0.25) is 0 Å². The molecule has 1 saturated carbocycles. The molecule has 1 aliphatic rings. The number of hydrogen-bond acceptors (Lipinski definition) is 3. The summed E-state index contributed by atoms with van der Waals surface area (Å²) in [5.74, 6) is 2.70. The zero-order valence-electron chi connectivity index (χ0n) is 12.2. The largest absolute Gasteiger partial charge is 0.305 e. The molecule has 1 fully saturated rings. The van der Waals surface area contributed by atoms with Crippen molar-refractivity contribution in [3.05, 3.63) is 11.6 Å². The highest BCUT2D eigenvalue weighted by molar-refractivity contribution is 5.00. The van der Waals surface area contributed by atoms with Crippen LogP contribution in [0.4, 0.5) is 0 Å². The Balaban J connectivity index is 2.02. The zero-order valence-corrected chi connectivity index (χ0v) is 12.2. The second-order valence-electron chi connectivity index (χ2n) is 6.45. The van der Waals surface area contributed by atoms with Gasteiger partial charge in [-0.2, -0.15) is 5.10 Å². The van der Waals surface area contributed by atoms with E-state index in [0.29, 0.717) is 5.92 Å². The molecular weight excluding hydrogens is 224 g/mol. The van der Waals surface area contributed by atoms with Gasteiger partial charge in [0.05, 0.1) is 6.54 Å². The smallest absolute Gasteiger partial charge is 0.154 e. The molecule has 0 aliphatic heterocycles. The van der Waals surface area contributed by atoms with E-state index in [2.05, 4.69) is 31.2 Å². The highest BCUT2D eigenvalue weighted by Gasteiger charge is 2.21. The zero-order chi connectivity index (χ0) is 13.2. The normalized spacial score (nSPS) is 18.2. The van der Waals surface area contributed by atoms with Gasteiger partial charge >= 0.3 is 0 Å². The molecule has 1 aliphatic carbocycles. The van der Waals surface area contributed by atoms with Crippen LogP contribution in [0.15, 0.2) is 0 Å². The fourth-order valence-corrected chi connectivity index (χ4v) is 2.47. The van der Waals surface area contributed by atoms with Crippen molar-refractivity contribution in [1.82, 2.24) is 20.1 Å². The Hall–Kier alpha value is -0.900. The first kappa shape index (κ1) is 13.5. The molecular formula is C14H26N4. The van der Waals surface area contributed by atoms with Crippen molar-refractivity contribution >= 4 is 0 Å². The first-order valence-electron chi connectivity index (χ1n) is 7.10. The molecule has 1 N–H and O–H groups in total. The van der Waals surface area contributed by atoms with Gasteiger partial charge in [-0.1, -0.05) is 19.3 Å². The molecule has 18 heavy (non-hydrogen) atoms. The van der Waals surface area contributed by atoms with Crippen LogP contribution in [0.1, 0.15) is 70.4 Å². The van der Waals surface area contributed by atoms with E-state index in [0.717, 1.165) is 18.2 Å². The van der Waals surface area contributed by atoms with Gasteiger partial charge in [0.1, 0.15) is 5.82 Å². The highest BCUT2D eigenvalue weighted by atomic mass is 15.3. The average Bonchev–Trinajstić information content (AvgIpc) is 2.68. The summed E-state index contributed by atoms with van der Waals surface area (Å²) >= 11 is 0. The minimum absolute atomic E-state index is 0.122. The van der Waals surface area contributed by atoms with Crippen LogP contribution in [0.3, 0.4) is 0 Å². The molecule has 0 bridgehead atoms. The number of aryl methyl sites for hydroxylation is 1. The van der Waals surface area contributed by atoms with E-state index in [1.54, 1.807) is 0 Å². The van der Waals surface area contributed by atoms with E-state index >= 15 is 0 Å². The predicted molar refractivity (Wildman–Crippen MR) is 73.4 cm³/mol. The summed E-state index contributed by atoms with van der Waals surface area (Å²) in [6, 6.07) is 0. The first-order chi connectivity index (χ1) is 8.46. The quantitative estimate of drug-likeness (QED) is 0.897. The third-order valence-electron chi connectivity index (χ3n) is 3.62. The number of nitrogens with zero attached hydrogens (tertiary/aromatic N) is 3. The third-order valence-corrected chi connectivity index (χ3v) is 3.62. The van der Waals surface area contributed by atoms with Gasteiger partial charge in [-0.05, 0) is 33.6 Å². The molecule has 0 amide bonds.